The van der Waals surface area contributed by atoms with Crippen LogP contribution in [0.25, 0.3) is 5.69 Å². The van der Waals surface area contributed by atoms with Gasteiger partial charge in [0.1, 0.15) is 0 Å². The molecule has 0 spiro atoms. The van der Waals surface area contributed by atoms with E-state index in [1.807, 2.05) is 24.7 Å². The van der Waals surface area contributed by atoms with E-state index < -0.39 is 0 Å². The minimum atomic E-state index is 0.516. The number of imidazole rings is 1. The van der Waals surface area contributed by atoms with Gasteiger partial charge in [-0.2, -0.15) is 0 Å². The number of nitrogens with one attached hydrogen (secondary N) is 1. The Labute approximate surface area is 126 Å². The largest absolute Gasteiger partial charge is 0.316 e. The molecule has 1 aliphatic heterocycles. The van der Waals surface area contributed by atoms with Gasteiger partial charge in [0.05, 0.1) is 21.5 Å². The lowest BCUT2D eigenvalue weighted by Crippen LogP contribution is -2.29. The molecule has 5 heteroatoms. The molecule has 0 saturated carbocycles. The zero-order valence-corrected chi connectivity index (χ0v) is 12.8. The van der Waals surface area contributed by atoms with Gasteiger partial charge in [-0.25, -0.2) is 4.98 Å². The van der Waals surface area contributed by atoms with Gasteiger partial charge in [-0.3, -0.25) is 0 Å². The highest BCUT2D eigenvalue weighted by atomic mass is 79.9. The highest BCUT2D eigenvalue weighted by molar-refractivity contribution is 9.10. The van der Waals surface area contributed by atoms with Crippen LogP contribution in [-0.4, -0.2) is 22.6 Å². The van der Waals surface area contributed by atoms with Gasteiger partial charge in [-0.1, -0.05) is 17.7 Å². The van der Waals surface area contributed by atoms with Crippen molar-refractivity contribution < 1.29 is 0 Å². The van der Waals surface area contributed by atoms with Gasteiger partial charge in [0, 0.05) is 24.4 Å². The smallest absolute Gasteiger partial charge is 0.0994 e. The van der Waals surface area contributed by atoms with Crippen molar-refractivity contribution in [3.63, 3.8) is 0 Å². The molecule has 0 bridgehead atoms. The Kier molecular flexibility index (Phi) is 3.91. The van der Waals surface area contributed by atoms with E-state index in [0.717, 1.165) is 28.3 Å². The molecule has 3 nitrogen and oxygen atoms in total. The van der Waals surface area contributed by atoms with Gasteiger partial charge in [-0.05, 0) is 47.4 Å². The standard InChI is InChI=1S/C14H15BrClN3/c15-14-11(16)4-1-5-12(14)19-9-18-8-13(19)10-3-2-6-17-7-10/h1,4-5,8-10,17H,2-3,6-7H2. The second-order valence-corrected chi connectivity index (χ2v) is 6.00. The van der Waals surface area contributed by atoms with Crippen molar-refractivity contribution in [1.82, 2.24) is 14.9 Å². The quantitative estimate of drug-likeness (QED) is 0.902. The van der Waals surface area contributed by atoms with Gasteiger partial charge < -0.3 is 9.88 Å². The normalized spacial score (nSPS) is 19.6. The first-order chi connectivity index (χ1) is 9.27. The van der Waals surface area contributed by atoms with Crippen molar-refractivity contribution in [2.45, 2.75) is 18.8 Å². The summed E-state index contributed by atoms with van der Waals surface area (Å²) in [6, 6.07) is 5.90. The molecule has 100 valence electrons. The van der Waals surface area contributed by atoms with Crippen LogP contribution in [0.1, 0.15) is 24.5 Å². The Morgan fingerprint density at radius 2 is 2.32 bits per heavy atom. The van der Waals surface area contributed by atoms with Crippen molar-refractivity contribution in [2.75, 3.05) is 13.1 Å². The summed E-state index contributed by atoms with van der Waals surface area (Å²) in [7, 11) is 0. The Bertz CT molecular complexity index is 576. The average molecular weight is 341 g/mol. The number of nitrogens with zero attached hydrogens (tertiary/aromatic N) is 2. The molecule has 1 unspecified atom stereocenters. The minimum Gasteiger partial charge on any atom is -0.316 e. The average Bonchev–Trinajstić information content (AvgIpc) is 2.92. The number of aromatic nitrogens is 2. The first-order valence-corrected chi connectivity index (χ1v) is 7.62. The summed E-state index contributed by atoms with van der Waals surface area (Å²) >= 11 is 9.74. The van der Waals surface area contributed by atoms with Crippen LogP contribution in [0.15, 0.2) is 35.2 Å². The van der Waals surface area contributed by atoms with E-state index in [1.54, 1.807) is 0 Å². The summed E-state index contributed by atoms with van der Waals surface area (Å²) in [5.74, 6) is 0.516. The van der Waals surface area contributed by atoms with E-state index in [0.29, 0.717) is 5.92 Å². The van der Waals surface area contributed by atoms with Gasteiger partial charge in [-0.15, -0.1) is 0 Å². The van der Waals surface area contributed by atoms with E-state index in [1.165, 1.54) is 18.5 Å². The Hall–Kier alpha value is -0.840. The molecular formula is C14H15BrClN3. The lowest BCUT2D eigenvalue weighted by atomic mass is 9.96. The van der Waals surface area contributed by atoms with Crippen molar-refractivity contribution in [3.05, 3.63) is 45.9 Å². The third-order valence-electron chi connectivity index (χ3n) is 3.57. The minimum absolute atomic E-state index is 0.516. The predicted molar refractivity (Wildman–Crippen MR) is 81.1 cm³/mol. The summed E-state index contributed by atoms with van der Waals surface area (Å²) in [6.07, 6.45) is 6.24. The van der Waals surface area contributed by atoms with Crippen molar-refractivity contribution in [3.8, 4) is 5.69 Å². The first-order valence-electron chi connectivity index (χ1n) is 6.44. The summed E-state index contributed by atoms with van der Waals surface area (Å²) in [5, 5.41) is 4.17. The molecule has 2 aromatic rings. The van der Waals surface area contributed by atoms with Crippen molar-refractivity contribution >= 4 is 27.5 Å². The lowest BCUT2D eigenvalue weighted by Gasteiger charge is -2.24. The van der Waals surface area contributed by atoms with E-state index >= 15 is 0 Å². The molecule has 1 aromatic carbocycles. The van der Waals surface area contributed by atoms with Crippen molar-refractivity contribution in [2.24, 2.45) is 0 Å². The predicted octanol–water partition coefficient (Wildman–Crippen LogP) is 3.76. The highest BCUT2D eigenvalue weighted by Gasteiger charge is 2.20. The molecule has 2 heterocycles. The Morgan fingerprint density at radius 1 is 1.42 bits per heavy atom. The van der Waals surface area contributed by atoms with E-state index in [9.17, 15) is 0 Å². The molecule has 1 saturated heterocycles. The Morgan fingerprint density at radius 3 is 3.11 bits per heavy atom. The number of piperidine rings is 1. The maximum absolute atomic E-state index is 6.18. The zero-order chi connectivity index (χ0) is 13.2. The maximum atomic E-state index is 6.18. The van der Waals surface area contributed by atoms with Crippen LogP contribution >= 0.6 is 27.5 Å². The van der Waals surface area contributed by atoms with Gasteiger partial charge >= 0.3 is 0 Å². The summed E-state index contributed by atoms with van der Waals surface area (Å²) in [6.45, 7) is 2.13. The van der Waals surface area contributed by atoms with Gasteiger partial charge in [0.15, 0.2) is 0 Å². The molecule has 1 fully saturated rings. The monoisotopic (exact) mass is 339 g/mol. The highest BCUT2D eigenvalue weighted by Crippen LogP contribution is 2.32. The Balaban J connectivity index is 2.01. The molecule has 19 heavy (non-hydrogen) atoms. The number of benzene rings is 1. The van der Waals surface area contributed by atoms with Crippen LogP contribution in [0.2, 0.25) is 5.02 Å². The van der Waals surface area contributed by atoms with Crippen LogP contribution < -0.4 is 5.32 Å². The van der Waals surface area contributed by atoms with E-state index in [4.69, 9.17) is 11.6 Å². The van der Waals surface area contributed by atoms with Crippen molar-refractivity contribution in [1.29, 1.82) is 0 Å². The van der Waals surface area contributed by atoms with Crippen LogP contribution in [0, 0.1) is 0 Å². The molecule has 1 aliphatic rings. The number of hydrogen-bond acceptors (Lipinski definition) is 2. The van der Waals surface area contributed by atoms with Gasteiger partial charge in [0.25, 0.3) is 0 Å². The molecular weight excluding hydrogens is 326 g/mol. The summed E-state index contributed by atoms with van der Waals surface area (Å²) in [4.78, 5) is 4.32. The number of hydrogen-bond donors (Lipinski definition) is 1. The molecule has 1 aromatic heterocycles. The molecule has 3 rings (SSSR count). The molecule has 0 aliphatic carbocycles. The lowest BCUT2D eigenvalue weighted by molar-refractivity contribution is 0.451. The summed E-state index contributed by atoms with van der Waals surface area (Å²) in [5.41, 5.74) is 2.29. The van der Waals surface area contributed by atoms with E-state index in [-0.39, 0.29) is 0 Å². The van der Waals surface area contributed by atoms with E-state index in [2.05, 4.69) is 36.9 Å². The zero-order valence-electron chi connectivity index (χ0n) is 10.4. The van der Waals surface area contributed by atoms with Crippen LogP contribution in [0.5, 0.6) is 0 Å². The molecule has 0 amide bonds. The van der Waals surface area contributed by atoms with Gasteiger partial charge in [0.2, 0.25) is 0 Å². The SMILES string of the molecule is Clc1cccc(-n2cncc2C2CCCNC2)c1Br. The fraction of sp³-hybridized carbons (Fsp3) is 0.357. The molecule has 1 atom stereocenters. The third kappa shape index (κ3) is 2.57. The topological polar surface area (TPSA) is 29.9 Å². The number of halogens is 2. The fourth-order valence-electron chi connectivity index (χ4n) is 2.59. The number of rotatable bonds is 2. The first kappa shape index (κ1) is 13.2. The third-order valence-corrected chi connectivity index (χ3v) is 4.95. The van der Waals surface area contributed by atoms with Crippen LogP contribution in [0.3, 0.4) is 0 Å². The summed E-state index contributed by atoms with van der Waals surface area (Å²) < 4.78 is 3.05. The second-order valence-electron chi connectivity index (χ2n) is 4.80. The molecule has 1 N–H and O–H groups in total. The van der Waals surface area contributed by atoms with Crippen LogP contribution in [0.4, 0.5) is 0 Å². The van der Waals surface area contributed by atoms with Crippen LogP contribution in [-0.2, 0) is 0 Å². The second kappa shape index (κ2) is 5.65. The fourth-order valence-corrected chi connectivity index (χ4v) is 3.22. The maximum Gasteiger partial charge on any atom is 0.0994 e. The molecule has 0 radical (unpaired) electrons.